The minimum absolute atomic E-state index is 0.0421. The topological polar surface area (TPSA) is 110 Å². The molecule has 2 heterocycles. The molecule has 1 aliphatic rings. The van der Waals surface area contributed by atoms with Crippen molar-refractivity contribution < 1.29 is 17.9 Å². The number of para-hydroxylation sites is 1. The summed E-state index contributed by atoms with van der Waals surface area (Å²) < 4.78 is 33.0. The van der Waals surface area contributed by atoms with Crippen molar-refractivity contribution in [2.45, 2.75) is 83.4 Å². The standard InChI is InChI=1S/C29H39N3O5S/c1-17(2)38(35,36)22-13-11-21(12-14-22)19(4)32-20(5)27(23-9-7-8-10-25(23)32)29(34)30-16-24-26(37-6)15-18(3)31-28(24)33/h7-10,15,17,19,21-22H,11-14,16H2,1-6H3,(H,30,34)(H,31,33)/t19-,21?,22?/m0/s1. The highest BCUT2D eigenvalue weighted by molar-refractivity contribution is 7.92. The quantitative estimate of drug-likeness (QED) is 0.425. The average Bonchev–Trinajstić information content (AvgIpc) is 3.18. The van der Waals surface area contributed by atoms with Gasteiger partial charge < -0.3 is 19.6 Å². The first kappa shape index (κ1) is 28.0. The zero-order valence-corrected chi connectivity index (χ0v) is 23.9. The van der Waals surface area contributed by atoms with Crippen LogP contribution < -0.4 is 15.6 Å². The highest BCUT2D eigenvalue weighted by Gasteiger charge is 2.35. The Hall–Kier alpha value is -3.07. The third kappa shape index (κ3) is 5.13. The lowest BCUT2D eigenvalue weighted by molar-refractivity contribution is 0.0951. The van der Waals surface area contributed by atoms with Gasteiger partial charge in [-0.3, -0.25) is 9.59 Å². The predicted molar refractivity (Wildman–Crippen MR) is 151 cm³/mol. The van der Waals surface area contributed by atoms with Crippen LogP contribution in [0.4, 0.5) is 0 Å². The third-order valence-electron chi connectivity index (χ3n) is 8.19. The second-order valence-electron chi connectivity index (χ2n) is 10.8. The van der Waals surface area contributed by atoms with Gasteiger partial charge in [-0.25, -0.2) is 8.42 Å². The van der Waals surface area contributed by atoms with Crippen LogP contribution in [0.3, 0.4) is 0 Å². The van der Waals surface area contributed by atoms with Gasteiger partial charge in [0.2, 0.25) is 0 Å². The number of pyridine rings is 1. The van der Waals surface area contributed by atoms with Crippen molar-refractivity contribution in [3.63, 3.8) is 0 Å². The highest BCUT2D eigenvalue weighted by Crippen LogP contribution is 2.39. The Morgan fingerprint density at radius 3 is 2.42 bits per heavy atom. The Morgan fingerprint density at radius 1 is 1.13 bits per heavy atom. The van der Waals surface area contributed by atoms with E-state index in [9.17, 15) is 18.0 Å². The van der Waals surface area contributed by atoms with E-state index >= 15 is 0 Å². The van der Waals surface area contributed by atoms with E-state index < -0.39 is 9.84 Å². The summed E-state index contributed by atoms with van der Waals surface area (Å²) in [6.45, 7) is 9.47. The number of sulfone groups is 1. The van der Waals surface area contributed by atoms with E-state index in [0.29, 0.717) is 41.3 Å². The van der Waals surface area contributed by atoms with Crippen LogP contribution >= 0.6 is 0 Å². The number of aromatic amines is 1. The molecule has 0 unspecified atom stereocenters. The number of methoxy groups -OCH3 is 1. The lowest BCUT2D eigenvalue weighted by Gasteiger charge is -2.34. The van der Waals surface area contributed by atoms with Crippen LogP contribution in [0, 0.1) is 19.8 Å². The van der Waals surface area contributed by atoms with Gasteiger partial charge in [0.05, 0.1) is 35.3 Å². The van der Waals surface area contributed by atoms with Crippen molar-refractivity contribution >= 4 is 26.6 Å². The number of ether oxygens (including phenoxy) is 1. The number of H-pyrrole nitrogens is 1. The number of carbonyl (C=O) groups is 1. The minimum Gasteiger partial charge on any atom is -0.496 e. The van der Waals surface area contributed by atoms with Crippen LogP contribution in [0.2, 0.25) is 0 Å². The zero-order valence-electron chi connectivity index (χ0n) is 23.1. The molecule has 2 aromatic heterocycles. The maximum atomic E-state index is 13.5. The van der Waals surface area contributed by atoms with Gasteiger partial charge in [-0.15, -0.1) is 0 Å². The Balaban J connectivity index is 1.60. The lowest BCUT2D eigenvalue weighted by atomic mass is 9.84. The number of hydrogen-bond acceptors (Lipinski definition) is 5. The number of nitrogens with one attached hydrogen (secondary N) is 2. The molecule has 206 valence electrons. The number of rotatable bonds is 8. The van der Waals surface area contributed by atoms with Crippen LogP contribution in [0.1, 0.15) is 79.8 Å². The van der Waals surface area contributed by atoms with Crippen LogP contribution in [-0.2, 0) is 16.4 Å². The molecule has 4 rings (SSSR count). The van der Waals surface area contributed by atoms with E-state index in [0.717, 1.165) is 29.4 Å². The van der Waals surface area contributed by atoms with Crippen LogP contribution in [0.5, 0.6) is 5.75 Å². The van der Waals surface area contributed by atoms with E-state index in [4.69, 9.17) is 4.74 Å². The third-order valence-corrected chi connectivity index (χ3v) is 10.9. The Bertz CT molecular complexity index is 1490. The van der Waals surface area contributed by atoms with Crippen LogP contribution in [0.15, 0.2) is 35.1 Å². The van der Waals surface area contributed by atoms with Crippen molar-refractivity contribution in [3.8, 4) is 5.75 Å². The molecule has 1 amide bonds. The molecule has 8 nitrogen and oxygen atoms in total. The summed E-state index contributed by atoms with van der Waals surface area (Å²) in [5.41, 5.74) is 3.19. The molecular formula is C29H39N3O5S. The predicted octanol–water partition coefficient (Wildman–Crippen LogP) is 4.83. The van der Waals surface area contributed by atoms with Gasteiger partial charge >= 0.3 is 0 Å². The summed E-state index contributed by atoms with van der Waals surface area (Å²) in [5.74, 6) is 0.502. The first-order chi connectivity index (χ1) is 18.0. The minimum atomic E-state index is -3.10. The molecular weight excluding hydrogens is 502 g/mol. The van der Waals surface area contributed by atoms with Crippen LogP contribution in [-0.4, -0.2) is 41.5 Å². The van der Waals surface area contributed by atoms with E-state index in [1.54, 1.807) is 26.8 Å². The second-order valence-corrected chi connectivity index (χ2v) is 13.6. The number of benzene rings is 1. The number of nitrogens with zero attached hydrogens (tertiary/aromatic N) is 1. The van der Waals surface area contributed by atoms with Gasteiger partial charge in [-0.05, 0) is 78.4 Å². The second kappa shape index (κ2) is 11.0. The fourth-order valence-corrected chi connectivity index (χ4v) is 7.69. The van der Waals surface area contributed by atoms with Gasteiger partial charge in [-0.1, -0.05) is 18.2 Å². The first-order valence-electron chi connectivity index (χ1n) is 13.3. The van der Waals surface area contributed by atoms with Gasteiger partial charge in [0.1, 0.15) is 5.75 Å². The van der Waals surface area contributed by atoms with E-state index in [2.05, 4.69) is 21.8 Å². The maximum Gasteiger partial charge on any atom is 0.256 e. The normalized spacial score (nSPS) is 19.0. The van der Waals surface area contributed by atoms with Crippen molar-refractivity contribution in [3.05, 3.63) is 63.2 Å². The summed E-state index contributed by atoms with van der Waals surface area (Å²) >= 11 is 0. The van der Waals surface area contributed by atoms with E-state index in [-0.39, 0.29) is 34.6 Å². The summed E-state index contributed by atoms with van der Waals surface area (Å²) in [4.78, 5) is 28.8. The molecule has 0 spiro atoms. The fraction of sp³-hybridized carbons (Fsp3) is 0.517. The summed E-state index contributed by atoms with van der Waals surface area (Å²) in [6, 6.07) is 9.70. The molecule has 1 fully saturated rings. The largest absolute Gasteiger partial charge is 0.496 e. The van der Waals surface area contributed by atoms with Crippen molar-refractivity contribution in [2.24, 2.45) is 5.92 Å². The average molecular weight is 542 g/mol. The lowest BCUT2D eigenvalue weighted by Crippen LogP contribution is -2.34. The first-order valence-corrected chi connectivity index (χ1v) is 15.0. The maximum absolute atomic E-state index is 13.5. The number of aryl methyl sites for hydroxylation is 1. The summed E-state index contributed by atoms with van der Waals surface area (Å²) in [6.07, 6.45) is 3.02. The molecule has 1 saturated carbocycles. The number of amides is 1. The van der Waals surface area contributed by atoms with E-state index in [1.807, 2.05) is 31.2 Å². The number of aromatic nitrogens is 2. The molecule has 38 heavy (non-hydrogen) atoms. The van der Waals surface area contributed by atoms with Gasteiger partial charge in [-0.2, -0.15) is 0 Å². The van der Waals surface area contributed by atoms with Crippen molar-refractivity contribution in [1.29, 1.82) is 0 Å². The van der Waals surface area contributed by atoms with Gasteiger partial charge in [0, 0.05) is 28.3 Å². The molecule has 0 radical (unpaired) electrons. The van der Waals surface area contributed by atoms with Gasteiger partial charge in [0.15, 0.2) is 9.84 Å². The highest BCUT2D eigenvalue weighted by atomic mass is 32.2. The molecule has 1 aliphatic carbocycles. The summed E-state index contributed by atoms with van der Waals surface area (Å²) in [5, 5.41) is 3.17. The zero-order chi connectivity index (χ0) is 27.8. The molecule has 9 heteroatoms. The molecule has 0 bridgehead atoms. The summed E-state index contributed by atoms with van der Waals surface area (Å²) in [7, 11) is -1.59. The SMILES string of the molecule is COc1cc(C)[nH]c(=O)c1CNC(=O)c1c(C)n([C@@H](C)C2CCC(S(=O)(=O)C(C)C)CC2)c2ccccc12. The molecule has 1 aromatic carbocycles. The number of fused-ring (bicyclic) bond motifs is 1. The van der Waals surface area contributed by atoms with E-state index in [1.165, 1.54) is 7.11 Å². The molecule has 2 N–H and O–H groups in total. The Kier molecular flexibility index (Phi) is 8.06. The fourth-order valence-electron chi connectivity index (χ4n) is 5.99. The van der Waals surface area contributed by atoms with Gasteiger partial charge in [0.25, 0.3) is 11.5 Å². The van der Waals surface area contributed by atoms with Crippen LogP contribution in [0.25, 0.3) is 10.9 Å². The molecule has 3 aromatic rings. The van der Waals surface area contributed by atoms with Crippen molar-refractivity contribution in [1.82, 2.24) is 14.9 Å². The van der Waals surface area contributed by atoms with Crippen molar-refractivity contribution in [2.75, 3.05) is 7.11 Å². The Morgan fingerprint density at radius 2 is 1.79 bits per heavy atom. The molecule has 0 saturated heterocycles. The number of carbonyl (C=O) groups excluding carboxylic acids is 1. The molecule has 0 aliphatic heterocycles. The monoisotopic (exact) mass is 541 g/mol. The molecule has 1 atom stereocenters. The number of hydrogen-bond donors (Lipinski definition) is 2. The smallest absolute Gasteiger partial charge is 0.256 e. The Labute approximate surface area is 224 Å².